The molecule has 162 valence electrons. The zero-order chi connectivity index (χ0) is 21.0. The predicted molar refractivity (Wildman–Crippen MR) is 116 cm³/mol. The molecule has 3 atom stereocenters. The van der Waals surface area contributed by atoms with Gasteiger partial charge in [-0.2, -0.15) is 0 Å². The van der Waals surface area contributed by atoms with Crippen LogP contribution < -0.4 is 20.9 Å². The number of nitrogen functional groups attached to an aromatic ring is 1. The number of benzene rings is 2. The first-order chi connectivity index (χ1) is 13.9. The van der Waals surface area contributed by atoms with Gasteiger partial charge in [0.1, 0.15) is 17.7 Å². The van der Waals surface area contributed by atoms with Crippen LogP contribution in [0.5, 0.6) is 5.75 Å². The number of carboxylic acid groups (broad SMARTS) is 1. The van der Waals surface area contributed by atoms with Crippen LogP contribution in [0.1, 0.15) is 48.9 Å². The van der Waals surface area contributed by atoms with Crippen molar-refractivity contribution in [2.24, 2.45) is 5.73 Å². The maximum atomic E-state index is 11.9. The molecule has 2 aromatic rings. The lowest BCUT2D eigenvalue weighted by Gasteiger charge is -2.24. The summed E-state index contributed by atoms with van der Waals surface area (Å²) in [5.74, 6) is -0.773. The van der Waals surface area contributed by atoms with Crippen LogP contribution in [-0.2, 0) is 11.2 Å². The second-order valence-corrected chi connectivity index (χ2v) is 7.31. The van der Waals surface area contributed by atoms with Crippen molar-refractivity contribution in [2.75, 3.05) is 5.32 Å². The first kappa shape index (κ1) is 23.5. The largest absolute Gasteiger partial charge is 0.548 e. The summed E-state index contributed by atoms with van der Waals surface area (Å²) in [6.07, 6.45) is 2.33. The smallest absolute Gasteiger partial charge is 0.124 e. The van der Waals surface area contributed by atoms with E-state index in [9.17, 15) is 15.0 Å². The molecule has 2 aromatic carbocycles. The molecule has 0 spiro atoms. The highest BCUT2D eigenvalue weighted by Gasteiger charge is 2.27. The topological polar surface area (TPSA) is 131 Å². The molecule has 0 aliphatic heterocycles. The van der Waals surface area contributed by atoms with Gasteiger partial charge >= 0.3 is 0 Å². The average molecular weight is 433 g/mol. The summed E-state index contributed by atoms with van der Waals surface area (Å²) in [7, 11) is 0. The van der Waals surface area contributed by atoms with Crippen molar-refractivity contribution in [3.63, 3.8) is 0 Å². The number of rotatable bonds is 8. The summed E-state index contributed by atoms with van der Waals surface area (Å²) in [5, 5.41) is 32.3. The van der Waals surface area contributed by atoms with Gasteiger partial charge in [0.05, 0.1) is 18.1 Å². The lowest BCUT2D eigenvalue weighted by molar-refractivity contribution is -0.307. The van der Waals surface area contributed by atoms with Crippen LogP contribution in [0.3, 0.4) is 0 Å². The fourth-order valence-corrected chi connectivity index (χ4v) is 3.53. The number of aliphatic hydroxyl groups excluding tert-OH is 1. The van der Waals surface area contributed by atoms with E-state index < -0.39 is 18.1 Å². The Hall–Kier alpha value is -2.77. The Morgan fingerprint density at radius 1 is 1.30 bits per heavy atom. The van der Waals surface area contributed by atoms with Crippen LogP contribution in [0, 0.1) is 5.41 Å². The summed E-state index contributed by atoms with van der Waals surface area (Å²) < 4.78 is 5.96. The summed E-state index contributed by atoms with van der Waals surface area (Å²) in [6, 6.07) is 10.9. The van der Waals surface area contributed by atoms with Gasteiger partial charge < -0.3 is 30.8 Å². The van der Waals surface area contributed by atoms with Crippen molar-refractivity contribution in [1.29, 1.82) is 5.41 Å². The average Bonchev–Trinajstić information content (AvgIpc) is 3.10. The van der Waals surface area contributed by atoms with E-state index >= 15 is 0 Å². The molecule has 5 N–H and O–H groups in total. The highest BCUT2D eigenvalue weighted by atomic mass is 35.5. The van der Waals surface area contributed by atoms with Gasteiger partial charge in [-0.3, -0.25) is 5.41 Å². The molecule has 1 fully saturated rings. The van der Waals surface area contributed by atoms with E-state index in [4.69, 9.17) is 15.9 Å². The van der Waals surface area contributed by atoms with Crippen LogP contribution in [0.25, 0.3) is 0 Å². The van der Waals surface area contributed by atoms with Crippen molar-refractivity contribution in [3.05, 3.63) is 59.2 Å². The number of amidine groups is 1. The predicted octanol–water partition coefficient (Wildman–Crippen LogP) is 2.15. The van der Waals surface area contributed by atoms with Gasteiger partial charge in [-0.05, 0) is 73.2 Å². The Labute approximate surface area is 182 Å². The highest BCUT2D eigenvalue weighted by molar-refractivity contribution is 5.95. The molecule has 3 unspecified atom stereocenters. The number of aliphatic hydroxyl groups is 1. The molecule has 1 aliphatic rings. The van der Waals surface area contributed by atoms with E-state index in [0.29, 0.717) is 35.4 Å². The normalized spacial score (nSPS) is 18.9. The minimum absolute atomic E-state index is 0. The Morgan fingerprint density at radius 2 is 2.00 bits per heavy atom. The Balaban J connectivity index is 0.00000320. The van der Waals surface area contributed by atoms with Crippen LogP contribution >= 0.6 is 12.4 Å². The molecule has 0 bridgehead atoms. The van der Waals surface area contributed by atoms with E-state index in [0.717, 1.165) is 18.4 Å². The van der Waals surface area contributed by atoms with E-state index in [2.05, 4.69) is 5.32 Å². The van der Waals surface area contributed by atoms with E-state index in [1.807, 2.05) is 19.1 Å². The lowest BCUT2D eigenvalue weighted by Crippen LogP contribution is -2.34. The summed E-state index contributed by atoms with van der Waals surface area (Å²) in [4.78, 5) is 11.9. The number of hydrogen-bond donors (Lipinski definition) is 4. The van der Waals surface area contributed by atoms with Crippen LogP contribution in [-0.4, -0.2) is 29.1 Å². The second-order valence-electron chi connectivity index (χ2n) is 7.31. The van der Waals surface area contributed by atoms with Gasteiger partial charge in [-0.15, -0.1) is 12.4 Å². The summed E-state index contributed by atoms with van der Waals surface area (Å²) >= 11 is 0. The minimum Gasteiger partial charge on any atom is -0.548 e. The number of hydrogen-bond acceptors (Lipinski definition) is 6. The van der Waals surface area contributed by atoms with E-state index in [-0.39, 0.29) is 24.3 Å². The molecular weight excluding hydrogens is 406 g/mol. The van der Waals surface area contributed by atoms with E-state index in [1.165, 1.54) is 0 Å². The molecule has 0 saturated heterocycles. The number of halogens is 1. The van der Waals surface area contributed by atoms with Gasteiger partial charge in [-0.1, -0.05) is 13.0 Å². The molecule has 0 aromatic heterocycles. The van der Waals surface area contributed by atoms with Crippen molar-refractivity contribution in [1.82, 2.24) is 0 Å². The number of aryl methyl sites for hydroxylation is 1. The number of nitrogens with two attached hydrogens (primary N) is 1. The molecular formula is C22H27ClN3O4-. The maximum absolute atomic E-state index is 11.9. The van der Waals surface area contributed by atoms with Gasteiger partial charge in [0.25, 0.3) is 0 Å². The molecule has 8 heteroatoms. The monoisotopic (exact) mass is 432 g/mol. The molecule has 0 amide bonds. The Morgan fingerprint density at radius 3 is 2.53 bits per heavy atom. The molecule has 7 nitrogen and oxygen atoms in total. The lowest BCUT2D eigenvalue weighted by atomic mass is 10.0. The van der Waals surface area contributed by atoms with Gasteiger partial charge in [-0.25, -0.2) is 0 Å². The first-order valence-electron chi connectivity index (χ1n) is 9.77. The summed E-state index contributed by atoms with van der Waals surface area (Å²) in [6.45, 7) is 1.98. The Bertz CT molecular complexity index is 888. The Kier molecular flexibility index (Phi) is 8.08. The quantitative estimate of drug-likeness (QED) is 0.373. The van der Waals surface area contributed by atoms with Crippen LogP contribution in [0.15, 0.2) is 42.5 Å². The molecule has 1 aliphatic carbocycles. The fraction of sp³-hybridized carbons (Fsp3) is 0.364. The number of carbonyl (C=O) groups is 1. The standard InChI is InChI=1S/C22H27N3O4.ClH/c1-2-13-10-15(12-17(11-13)29-19-5-3-4-18(19)26)20(22(27)28)25-16-8-6-14(7-9-16)21(23)24;/h6-12,18-20,25-26H,2-5H2,1H3,(H3,23,24)(H,27,28);1H/p-1. The minimum atomic E-state index is -1.26. The third-order valence-electron chi connectivity index (χ3n) is 5.18. The fourth-order valence-electron chi connectivity index (χ4n) is 3.53. The molecule has 0 heterocycles. The first-order valence-corrected chi connectivity index (χ1v) is 9.77. The third kappa shape index (κ3) is 5.64. The number of aliphatic carboxylic acids is 1. The highest BCUT2D eigenvalue weighted by Crippen LogP contribution is 2.29. The van der Waals surface area contributed by atoms with Crippen LogP contribution in [0.2, 0.25) is 0 Å². The number of carboxylic acids is 1. The van der Waals surface area contributed by atoms with E-state index in [1.54, 1.807) is 30.3 Å². The second kappa shape index (κ2) is 10.3. The zero-order valence-electron chi connectivity index (χ0n) is 16.8. The molecule has 3 rings (SSSR count). The zero-order valence-corrected chi connectivity index (χ0v) is 17.6. The molecule has 1 saturated carbocycles. The van der Waals surface area contributed by atoms with Crippen molar-refractivity contribution >= 4 is 29.9 Å². The number of anilines is 1. The third-order valence-corrected chi connectivity index (χ3v) is 5.18. The molecule has 0 radical (unpaired) electrons. The number of ether oxygens (including phenoxy) is 1. The van der Waals surface area contributed by atoms with Crippen molar-refractivity contribution in [2.45, 2.75) is 50.9 Å². The van der Waals surface area contributed by atoms with Gasteiger partial charge in [0, 0.05) is 11.3 Å². The van der Waals surface area contributed by atoms with Crippen molar-refractivity contribution < 1.29 is 19.7 Å². The van der Waals surface area contributed by atoms with Crippen LogP contribution in [0.4, 0.5) is 5.69 Å². The number of nitrogens with one attached hydrogen (secondary N) is 2. The van der Waals surface area contributed by atoms with Gasteiger partial charge in [0.2, 0.25) is 0 Å². The van der Waals surface area contributed by atoms with Gasteiger partial charge in [0.15, 0.2) is 0 Å². The molecule has 30 heavy (non-hydrogen) atoms. The summed E-state index contributed by atoms with van der Waals surface area (Å²) in [5.41, 5.74) is 8.03. The number of carbonyl (C=O) groups excluding carboxylic acids is 1. The SMILES string of the molecule is CCc1cc(OC2CCCC2O)cc(C(Nc2ccc(C(=N)N)cc2)C(=O)[O-])c1.Cl. The van der Waals surface area contributed by atoms with Crippen molar-refractivity contribution in [3.8, 4) is 5.75 Å². The maximum Gasteiger partial charge on any atom is 0.124 e.